The predicted octanol–water partition coefficient (Wildman–Crippen LogP) is 0.745. The molecule has 0 spiro atoms. The van der Waals surface area contributed by atoms with Gasteiger partial charge in [0.15, 0.2) is 0 Å². The van der Waals surface area contributed by atoms with Crippen molar-refractivity contribution in [2.45, 2.75) is 55.5 Å². The van der Waals surface area contributed by atoms with E-state index in [2.05, 4.69) is 15.4 Å². The summed E-state index contributed by atoms with van der Waals surface area (Å²) in [5.41, 5.74) is -0.0748. The lowest BCUT2D eigenvalue weighted by molar-refractivity contribution is -0.123. The summed E-state index contributed by atoms with van der Waals surface area (Å²) >= 11 is 1.81. The third-order valence-electron chi connectivity index (χ3n) is 3.43. The van der Waals surface area contributed by atoms with E-state index in [1.54, 1.807) is 0 Å². The number of carbonyl (C=O) groups is 1. The van der Waals surface area contributed by atoms with E-state index in [-0.39, 0.29) is 17.6 Å². The number of amides is 1. The van der Waals surface area contributed by atoms with Crippen LogP contribution in [0.1, 0.15) is 38.5 Å². The third-order valence-corrected chi connectivity index (χ3v) is 4.75. The topological polar surface area (TPSA) is 53.2 Å². The van der Waals surface area contributed by atoms with E-state index in [1.807, 2.05) is 11.9 Å². The van der Waals surface area contributed by atoms with Crippen LogP contribution in [0.3, 0.4) is 0 Å². The second-order valence-electron chi connectivity index (χ2n) is 5.14. The minimum Gasteiger partial charge on any atom is -0.336 e. The molecule has 3 fully saturated rings. The van der Waals surface area contributed by atoms with E-state index >= 15 is 0 Å². The Labute approximate surface area is 100 Å². The van der Waals surface area contributed by atoms with E-state index in [0.717, 1.165) is 37.5 Å². The fraction of sp³-hybridized carbons (Fsp3) is 0.909. The molecule has 90 valence electrons. The Kier molecular flexibility index (Phi) is 2.85. The maximum atomic E-state index is 11.9. The summed E-state index contributed by atoms with van der Waals surface area (Å²) in [5.74, 6) is 0.180. The molecular weight excluding hydrogens is 222 g/mol. The van der Waals surface area contributed by atoms with E-state index in [1.165, 1.54) is 12.8 Å². The molecule has 2 aliphatic carbocycles. The molecule has 0 aromatic carbocycles. The standard InChI is InChI=1S/C11H19N3OS/c15-10(9-2-1-7-12-9)13-11(5-6-11)14-16-8-3-4-8/h8-9,12,14H,1-7H2,(H,13,15)/t9-/m0/s1. The van der Waals surface area contributed by atoms with Gasteiger partial charge in [-0.1, -0.05) is 11.9 Å². The molecule has 0 bridgehead atoms. The molecule has 1 saturated heterocycles. The summed E-state index contributed by atoms with van der Waals surface area (Å²) < 4.78 is 3.44. The van der Waals surface area contributed by atoms with Gasteiger partial charge in [0.1, 0.15) is 0 Å². The van der Waals surface area contributed by atoms with E-state index in [4.69, 9.17) is 0 Å². The molecule has 0 aromatic rings. The molecule has 16 heavy (non-hydrogen) atoms. The SMILES string of the molecule is O=C(NC1(NSC2CC2)CC1)[C@@H]1CCCN1. The number of carbonyl (C=O) groups excluding carboxylic acids is 1. The Morgan fingerprint density at radius 3 is 2.69 bits per heavy atom. The largest absolute Gasteiger partial charge is 0.336 e. The Morgan fingerprint density at radius 1 is 1.31 bits per heavy atom. The highest BCUT2D eigenvalue weighted by Gasteiger charge is 2.46. The van der Waals surface area contributed by atoms with Crippen molar-refractivity contribution in [2.75, 3.05) is 6.54 Å². The molecule has 3 N–H and O–H groups in total. The highest BCUT2D eigenvalue weighted by molar-refractivity contribution is 7.98. The van der Waals surface area contributed by atoms with Crippen molar-refractivity contribution in [3.05, 3.63) is 0 Å². The van der Waals surface area contributed by atoms with Crippen LogP contribution in [0.4, 0.5) is 0 Å². The molecule has 5 heteroatoms. The number of nitrogens with one attached hydrogen (secondary N) is 3. The van der Waals surface area contributed by atoms with Gasteiger partial charge in [-0.05, 0) is 45.1 Å². The molecule has 2 saturated carbocycles. The summed E-state index contributed by atoms with van der Waals surface area (Å²) in [5, 5.41) is 7.19. The normalized spacial score (nSPS) is 31.4. The Hall–Kier alpha value is -0.260. The van der Waals surface area contributed by atoms with Crippen LogP contribution >= 0.6 is 11.9 Å². The average molecular weight is 241 g/mol. The lowest BCUT2D eigenvalue weighted by Crippen LogP contribution is -2.51. The van der Waals surface area contributed by atoms with Crippen LogP contribution in [-0.4, -0.2) is 29.4 Å². The zero-order valence-electron chi connectivity index (χ0n) is 9.42. The lowest BCUT2D eigenvalue weighted by Gasteiger charge is -2.20. The average Bonchev–Trinajstić information content (AvgIpc) is 3.18. The highest BCUT2D eigenvalue weighted by Crippen LogP contribution is 2.39. The minimum atomic E-state index is -0.0748. The van der Waals surface area contributed by atoms with Crippen LogP contribution in [0.2, 0.25) is 0 Å². The number of hydrogen-bond donors (Lipinski definition) is 3. The molecule has 1 atom stereocenters. The fourth-order valence-corrected chi connectivity index (χ4v) is 3.01. The molecule has 0 radical (unpaired) electrons. The summed E-state index contributed by atoms with van der Waals surface area (Å²) in [6, 6.07) is 0.0465. The maximum Gasteiger partial charge on any atom is 0.238 e. The van der Waals surface area contributed by atoms with Gasteiger partial charge in [-0.15, -0.1) is 0 Å². The maximum absolute atomic E-state index is 11.9. The van der Waals surface area contributed by atoms with Crippen LogP contribution in [0, 0.1) is 0 Å². The van der Waals surface area contributed by atoms with Crippen LogP contribution in [0.15, 0.2) is 0 Å². The van der Waals surface area contributed by atoms with Gasteiger partial charge in [-0.25, -0.2) is 4.72 Å². The van der Waals surface area contributed by atoms with Crippen molar-refractivity contribution < 1.29 is 4.79 Å². The minimum absolute atomic E-state index is 0.0465. The quantitative estimate of drug-likeness (QED) is 0.491. The van der Waals surface area contributed by atoms with Crippen molar-refractivity contribution in [1.82, 2.24) is 15.4 Å². The zero-order valence-corrected chi connectivity index (χ0v) is 10.2. The molecule has 4 nitrogen and oxygen atoms in total. The predicted molar refractivity (Wildman–Crippen MR) is 64.9 cm³/mol. The summed E-state index contributed by atoms with van der Waals surface area (Å²) in [7, 11) is 0. The van der Waals surface area contributed by atoms with Crippen molar-refractivity contribution >= 4 is 17.9 Å². The molecule has 3 rings (SSSR count). The fourth-order valence-electron chi connectivity index (χ4n) is 1.99. The number of rotatable bonds is 5. The lowest BCUT2D eigenvalue weighted by atomic mass is 10.2. The van der Waals surface area contributed by atoms with Crippen molar-refractivity contribution in [3.8, 4) is 0 Å². The molecule has 1 aliphatic heterocycles. The first-order valence-electron chi connectivity index (χ1n) is 6.26. The van der Waals surface area contributed by atoms with Crippen LogP contribution < -0.4 is 15.4 Å². The second-order valence-corrected chi connectivity index (χ2v) is 6.25. The van der Waals surface area contributed by atoms with Gasteiger partial charge in [-0.3, -0.25) is 4.79 Å². The summed E-state index contributed by atoms with van der Waals surface area (Å²) in [6.45, 7) is 0.981. The summed E-state index contributed by atoms with van der Waals surface area (Å²) in [4.78, 5) is 11.9. The van der Waals surface area contributed by atoms with Gasteiger partial charge in [0.25, 0.3) is 0 Å². The highest BCUT2D eigenvalue weighted by atomic mass is 32.2. The van der Waals surface area contributed by atoms with E-state index in [0.29, 0.717) is 0 Å². The first kappa shape index (κ1) is 10.9. The summed E-state index contributed by atoms with van der Waals surface area (Å²) in [6.07, 6.45) is 6.90. The van der Waals surface area contributed by atoms with E-state index < -0.39 is 0 Å². The molecule has 0 aromatic heterocycles. The second kappa shape index (κ2) is 4.20. The van der Waals surface area contributed by atoms with Crippen molar-refractivity contribution in [3.63, 3.8) is 0 Å². The van der Waals surface area contributed by atoms with Gasteiger partial charge in [0.05, 0.1) is 11.7 Å². The van der Waals surface area contributed by atoms with Crippen molar-refractivity contribution in [2.24, 2.45) is 0 Å². The number of hydrogen-bond acceptors (Lipinski definition) is 4. The smallest absolute Gasteiger partial charge is 0.238 e. The first-order chi connectivity index (χ1) is 7.77. The molecule has 1 amide bonds. The molecule has 0 unspecified atom stereocenters. The van der Waals surface area contributed by atoms with E-state index in [9.17, 15) is 4.79 Å². The van der Waals surface area contributed by atoms with Gasteiger partial charge in [-0.2, -0.15) is 0 Å². The molecular formula is C11H19N3OS. The zero-order chi connectivity index (χ0) is 11.0. The first-order valence-corrected chi connectivity index (χ1v) is 7.14. The molecule has 1 heterocycles. The van der Waals surface area contributed by atoms with Gasteiger partial charge in [0.2, 0.25) is 5.91 Å². The van der Waals surface area contributed by atoms with Gasteiger partial charge >= 0.3 is 0 Å². The third kappa shape index (κ3) is 2.52. The molecule has 3 aliphatic rings. The van der Waals surface area contributed by atoms with Gasteiger partial charge in [0, 0.05) is 5.25 Å². The van der Waals surface area contributed by atoms with Crippen LogP contribution in [0.25, 0.3) is 0 Å². The van der Waals surface area contributed by atoms with Crippen molar-refractivity contribution in [1.29, 1.82) is 0 Å². The Morgan fingerprint density at radius 2 is 2.12 bits per heavy atom. The van der Waals surface area contributed by atoms with Gasteiger partial charge < -0.3 is 10.6 Å². The Balaban J connectivity index is 1.46. The Bertz CT molecular complexity index is 283. The van der Waals surface area contributed by atoms with Crippen LogP contribution in [0.5, 0.6) is 0 Å². The van der Waals surface area contributed by atoms with Crippen LogP contribution in [-0.2, 0) is 4.79 Å². The monoisotopic (exact) mass is 241 g/mol.